The summed E-state index contributed by atoms with van der Waals surface area (Å²) >= 11 is 11.4. The van der Waals surface area contributed by atoms with E-state index in [1.807, 2.05) is 30.3 Å². The normalized spacial score (nSPS) is 23.6. The SMILES string of the molecule is CC1(C)[C@H](C(=O)NCc2ccccc2)[C@@H]1C=C(Cl)Cl. The van der Waals surface area contributed by atoms with Crippen LogP contribution in [0.25, 0.3) is 0 Å². The van der Waals surface area contributed by atoms with Crippen LogP contribution in [0.3, 0.4) is 0 Å². The second-order valence-electron chi connectivity index (χ2n) is 5.48. The van der Waals surface area contributed by atoms with Crippen LogP contribution in [0.5, 0.6) is 0 Å². The number of benzene rings is 1. The molecule has 0 aromatic heterocycles. The topological polar surface area (TPSA) is 29.1 Å². The summed E-state index contributed by atoms with van der Waals surface area (Å²) in [5, 5.41) is 2.97. The van der Waals surface area contributed by atoms with Crippen molar-refractivity contribution < 1.29 is 4.79 Å². The molecular formula is C15H17Cl2NO. The van der Waals surface area contributed by atoms with E-state index in [4.69, 9.17) is 23.2 Å². The van der Waals surface area contributed by atoms with Gasteiger partial charge in [-0.25, -0.2) is 0 Å². The number of carbonyl (C=O) groups is 1. The molecule has 1 aromatic rings. The van der Waals surface area contributed by atoms with Gasteiger partial charge in [0, 0.05) is 6.54 Å². The summed E-state index contributed by atoms with van der Waals surface area (Å²) in [4.78, 5) is 12.2. The molecule has 1 fully saturated rings. The summed E-state index contributed by atoms with van der Waals surface area (Å²) in [6.07, 6.45) is 1.76. The van der Waals surface area contributed by atoms with Crippen molar-refractivity contribution in [3.8, 4) is 0 Å². The summed E-state index contributed by atoms with van der Waals surface area (Å²) in [5.74, 6) is 0.127. The number of allylic oxidation sites excluding steroid dienone is 1. The quantitative estimate of drug-likeness (QED) is 0.897. The number of nitrogens with one attached hydrogen (secondary N) is 1. The van der Waals surface area contributed by atoms with Crippen molar-refractivity contribution in [3.63, 3.8) is 0 Å². The first-order chi connectivity index (χ1) is 8.93. The van der Waals surface area contributed by atoms with Crippen LogP contribution in [0.2, 0.25) is 0 Å². The van der Waals surface area contributed by atoms with Gasteiger partial charge in [0.15, 0.2) is 0 Å². The largest absolute Gasteiger partial charge is 0.352 e. The number of rotatable bonds is 4. The number of amides is 1. The van der Waals surface area contributed by atoms with Crippen molar-refractivity contribution in [2.75, 3.05) is 0 Å². The molecule has 19 heavy (non-hydrogen) atoms. The lowest BCUT2D eigenvalue weighted by Gasteiger charge is -2.06. The number of hydrogen-bond acceptors (Lipinski definition) is 1. The van der Waals surface area contributed by atoms with Gasteiger partial charge < -0.3 is 5.32 Å². The first-order valence-corrected chi connectivity index (χ1v) is 7.03. The Morgan fingerprint density at radius 2 is 1.95 bits per heavy atom. The predicted octanol–water partition coefficient (Wildman–Crippen LogP) is 3.89. The highest BCUT2D eigenvalue weighted by atomic mass is 35.5. The zero-order chi connectivity index (χ0) is 14.0. The molecule has 0 saturated heterocycles. The van der Waals surface area contributed by atoms with Crippen LogP contribution in [0.1, 0.15) is 19.4 Å². The summed E-state index contributed by atoms with van der Waals surface area (Å²) < 4.78 is 0.233. The van der Waals surface area contributed by atoms with Crippen LogP contribution in [-0.4, -0.2) is 5.91 Å². The van der Waals surface area contributed by atoms with E-state index in [1.165, 1.54) is 0 Å². The lowest BCUT2D eigenvalue weighted by atomic mass is 10.1. The van der Waals surface area contributed by atoms with E-state index >= 15 is 0 Å². The van der Waals surface area contributed by atoms with E-state index in [0.717, 1.165) is 5.56 Å². The molecule has 1 aromatic carbocycles. The fourth-order valence-electron chi connectivity index (χ4n) is 2.52. The molecule has 0 spiro atoms. The molecule has 0 radical (unpaired) electrons. The molecule has 0 heterocycles. The van der Waals surface area contributed by atoms with Gasteiger partial charge in [-0.2, -0.15) is 0 Å². The van der Waals surface area contributed by atoms with Gasteiger partial charge in [-0.3, -0.25) is 4.79 Å². The molecular weight excluding hydrogens is 281 g/mol. The molecule has 0 bridgehead atoms. The summed E-state index contributed by atoms with van der Waals surface area (Å²) in [6, 6.07) is 9.86. The zero-order valence-electron chi connectivity index (χ0n) is 11.0. The number of halogens is 2. The monoisotopic (exact) mass is 297 g/mol. The van der Waals surface area contributed by atoms with Crippen LogP contribution in [-0.2, 0) is 11.3 Å². The Labute approximate surface area is 123 Å². The van der Waals surface area contributed by atoms with Gasteiger partial charge in [0.1, 0.15) is 4.49 Å². The number of carbonyl (C=O) groups excluding carboxylic acids is 1. The minimum Gasteiger partial charge on any atom is -0.352 e. The minimum absolute atomic E-state index is 0.0521. The lowest BCUT2D eigenvalue weighted by Crippen LogP contribution is -2.26. The Morgan fingerprint density at radius 1 is 1.32 bits per heavy atom. The van der Waals surface area contributed by atoms with Crippen molar-refractivity contribution in [1.82, 2.24) is 5.32 Å². The second-order valence-corrected chi connectivity index (χ2v) is 6.49. The lowest BCUT2D eigenvalue weighted by molar-refractivity contribution is -0.123. The van der Waals surface area contributed by atoms with E-state index in [2.05, 4.69) is 19.2 Å². The maximum atomic E-state index is 12.2. The molecule has 1 N–H and O–H groups in total. The average Bonchev–Trinajstić information content (AvgIpc) is 2.88. The smallest absolute Gasteiger partial charge is 0.224 e. The van der Waals surface area contributed by atoms with Crippen LogP contribution >= 0.6 is 23.2 Å². The van der Waals surface area contributed by atoms with Gasteiger partial charge in [-0.05, 0) is 23.0 Å². The Kier molecular flexibility index (Phi) is 4.22. The molecule has 0 aliphatic heterocycles. The van der Waals surface area contributed by atoms with Gasteiger partial charge in [-0.1, -0.05) is 67.4 Å². The third kappa shape index (κ3) is 3.31. The van der Waals surface area contributed by atoms with Crippen LogP contribution in [0.4, 0.5) is 0 Å². The maximum Gasteiger partial charge on any atom is 0.224 e. The fraction of sp³-hybridized carbons (Fsp3) is 0.400. The Morgan fingerprint density at radius 3 is 2.53 bits per heavy atom. The highest BCUT2D eigenvalue weighted by molar-refractivity contribution is 6.55. The molecule has 0 unspecified atom stereocenters. The summed E-state index contributed by atoms with van der Waals surface area (Å²) in [5.41, 5.74) is 1.02. The van der Waals surface area contributed by atoms with Crippen molar-refractivity contribution in [3.05, 3.63) is 46.5 Å². The van der Waals surface area contributed by atoms with Crippen LogP contribution < -0.4 is 5.32 Å². The minimum atomic E-state index is -0.0736. The molecule has 2 atom stereocenters. The molecule has 2 nitrogen and oxygen atoms in total. The zero-order valence-corrected chi connectivity index (χ0v) is 12.5. The molecule has 2 rings (SSSR count). The predicted molar refractivity (Wildman–Crippen MR) is 78.8 cm³/mol. The molecule has 1 amide bonds. The average molecular weight is 298 g/mol. The Balaban J connectivity index is 1.93. The molecule has 102 valence electrons. The van der Waals surface area contributed by atoms with Crippen molar-refractivity contribution in [2.45, 2.75) is 20.4 Å². The first-order valence-electron chi connectivity index (χ1n) is 6.27. The highest BCUT2D eigenvalue weighted by Crippen LogP contribution is 2.59. The number of hydrogen-bond donors (Lipinski definition) is 1. The maximum absolute atomic E-state index is 12.2. The van der Waals surface area contributed by atoms with Gasteiger partial charge >= 0.3 is 0 Å². The second kappa shape index (κ2) is 5.56. The van der Waals surface area contributed by atoms with Gasteiger partial charge in [0.25, 0.3) is 0 Å². The first kappa shape index (κ1) is 14.4. The highest BCUT2D eigenvalue weighted by Gasteiger charge is 2.60. The molecule has 1 saturated carbocycles. The van der Waals surface area contributed by atoms with Crippen molar-refractivity contribution >= 4 is 29.1 Å². The summed E-state index contributed by atoms with van der Waals surface area (Å²) in [6.45, 7) is 4.66. The van der Waals surface area contributed by atoms with E-state index in [0.29, 0.717) is 6.54 Å². The molecule has 1 aliphatic rings. The van der Waals surface area contributed by atoms with E-state index < -0.39 is 0 Å². The van der Waals surface area contributed by atoms with Crippen LogP contribution in [0, 0.1) is 17.3 Å². The van der Waals surface area contributed by atoms with E-state index in [9.17, 15) is 4.79 Å². The third-order valence-electron chi connectivity index (χ3n) is 3.81. The van der Waals surface area contributed by atoms with Gasteiger partial charge in [0.05, 0.1) is 5.92 Å². The standard InChI is InChI=1S/C15H17Cl2NO/c1-15(2)11(8-12(16)17)13(15)14(19)18-9-10-6-4-3-5-7-10/h3-8,11,13H,9H2,1-2H3,(H,18,19)/t11-,13-/m0/s1. The fourth-order valence-corrected chi connectivity index (χ4v) is 2.79. The van der Waals surface area contributed by atoms with Gasteiger partial charge in [-0.15, -0.1) is 0 Å². The Hall–Kier alpha value is -0.990. The third-order valence-corrected chi connectivity index (χ3v) is 4.06. The Bertz CT molecular complexity index is 492. The van der Waals surface area contributed by atoms with Crippen LogP contribution in [0.15, 0.2) is 40.9 Å². The van der Waals surface area contributed by atoms with E-state index in [-0.39, 0.29) is 27.6 Å². The van der Waals surface area contributed by atoms with Crippen molar-refractivity contribution in [2.24, 2.45) is 17.3 Å². The molecule has 4 heteroatoms. The molecule has 1 aliphatic carbocycles. The van der Waals surface area contributed by atoms with E-state index in [1.54, 1.807) is 6.08 Å². The van der Waals surface area contributed by atoms with Crippen molar-refractivity contribution in [1.29, 1.82) is 0 Å². The van der Waals surface area contributed by atoms with Gasteiger partial charge in [0.2, 0.25) is 5.91 Å². The summed E-state index contributed by atoms with van der Waals surface area (Å²) in [7, 11) is 0.